The van der Waals surface area contributed by atoms with Crippen molar-refractivity contribution in [3.8, 4) is 0 Å². The highest BCUT2D eigenvalue weighted by Gasteiger charge is 2.71. The molecule has 0 aliphatic carbocycles. The van der Waals surface area contributed by atoms with Crippen molar-refractivity contribution in [1.29, 1.82) is 0 Å². The Labute approximate surface area is 110 Å². The lowest BCUT2D eigenvalue weighted by Gasteiger charge is -2.37. The highest BCUT2D eigenvalue weighted by atomic mass is 28.2. The molecule has 0 unspecified atom stereocenters. The molecular weight excluding hydrogens is 294 g/mol. The molecule has 9 heteroatoms. The molecule has 0 fully saturated rings. The number of halogens is 6. The smallest absolute Gasteiger partial charge is 0.382 e. The molecule has 0 heterocycles. The number of ether oxygens (including phenoxy) is 2. The Morgan fingerprint density at radius 2 is 1.47 bits per heavy atom. The Morgan fingerprint density at radius 3 is 1.84 bits per heavy atom. The van der Waals surface area contributed by atoms with Crippen LogP contribution in [0.3, 0.4) is 0 Å². The largest absolute Gasteiger partial charge is 0.426 e. The van der Waals surface area contributed by atoms with E-state index in [4.69, 9.17) is 0 Å². The quantitative estimate of drug-likeness (QED) is 0.390. The van der Waals surface area contributed by atoms with Crippen LogP contribution in [0, 0.1) is 0 Å². The lowest BCUT2D eigenvalue weighted by atomic mass is 9.96. The van der Waals surface area contributed by atoms with E-state index in [0.717, 1.165) is 0 Å². The number of hydrogen-bond donors (Lipinski definition) is 0. The van der Waals surface area contributed by atoms with E-state index in [1.54, 1.807) is 0 Å². The van der Waals surface area contributed by atoms with E-state index in [9.17, 15) is 26.3 Å². The molecule has 0 amide bonds. The summed E-state index contributed by atoms with van der Waals surface area (Å²) in [7, 11) is 0.594. The van der Waals surface area contributed by atoms with Crippen molar-refractivity contribution in [3.63, 3.8) is 0 Å². The first-order valence-electron chi connectivity index (χ1n) is 5.88. The minimum atomic E-state index is -5.49. The number of rotatable bonds is 8. The maximum Gasteiger partial charge on any atom is 0.426 e. The van der Waals surface area contributed by atoms with Gasteiger partial charge < -0.3 is 9.47 Å². The predicted octanol–water partition coefficient (Wildman–Crippen LogP) is 2.93. The summed E-state index contributed by atoms with van der Waals surface area (Å²) >= 11 is 0. The van der Waals surface area contributed by atoms with Crippen LogP contribution in [0.15, 0.2) is 0 Å². The molecule has 0 saturated heterocycles. The Hall–Kier alpha value is -0.283. The molecule has 0 aromatic rings. The maximum absolute atomic E-state index is 12.9. The van der Waals surface area contributed by atoms with Crippen molar-refractivity contribution >= 4 is 9.52 Å². The fourth-order valence-electron chi connectivity index (χ4n) is 1.60. The first-order chi connectivity index (χ1) is 8.62. The van der Waals surface area contributed by atoms with E-state index < -0.39 is 40.5 Å². The minimum Gasteiger partial charge on any atom is -0.382 e. The predicted molar refractivity (Wildman–Crippen MR) is 61.1 cm³/mol. The van der Waals surface area contributed by atoms with Gasteiger partial charge in [0.05, 0.1) is 13.2 Å². The van der Waals surface area contributed by atoms with Crippen LogP contribution >= 0.6 is 0 Å². The maximum atomic E-state index is 12.9. The summed E-state index contributed by atoms with van der Waals surface area (Å²) in [5, 5.41) is 0. The van der Waals surface area contributed by atoms with Gasteiger partial charge in [0.25, 0.3) is 5.60 Å². The first-order valence-corrected chi connectivity index (χ1v) is 8.30. The van der Waals surface area contributed by atoms with Crippen LogP contribution in [0.1, 0.15) is 12.8 Å². The number of methoxy groups -OCH3 is 1. The first kappa shape index (κ1) is 18.7. The topological polar surface area (TPSA) is 18.5 Å². The Balaban J connectivity index is 5.11. The van der Waals surface area contributed by atoms with Gasteiger partial charge in [0.1, 0.15) is 0 Å². The molecule has 0 bridgehead atoms. The zero-order valence-corrected chi connectivity index (χ0v) is 12.2. The summed E-state index contributed by atoms with van der Waals surface area (Å²) in [5.41, 5.74) is -4.08. The van der Waals surface area contributed by atoms with E-state index in [-0.39, 0.29) is 13.0 Å². The molecule has 0 radical (unpaired) electrons. The molecule has 0 spiro atoms. The Bertz CT molecular complexity index is 227. The van der Waals surface area contributed by atoms with Crippen LogP contribution in [0.5, 0.6) is 0 Å². The van der Waals surface area contributed by atoms with E-state index in [1.165, 1.54) is 7.11 Å². The van der Waals surface area contributed by atoms with Crippen LogP contribution in [-0.4, -0.2) is 47.8 Å². The van der Waals surface area contributed by atoms with Gasteiger partial charge in [0, 0.05) is 16.6 Å². The number of alkyl halides is 6. The highest BCUT2D eigenvalue weighted by molar-refractivity contribution is 6.33. The second kappa shape index (κ2) is 7.49. The van der Waals surface area contributed by atoms with Gasteiger partial charge in [-0.1, -0.05) is 19.0 Å². The van der Waals surface area contributed by atoms with Gasteiger partial charge in [-0.3, -0.25) is 0 Å². The lowest BCUT2D eigenvalue weighted by Crippen LogP contribution is -2.59. The third kappa shape index (κ3) is 4.96. The molecule has 0 aliphatic rings. The van der Waals surface area contributed by atoms with Crippen LogP contribution in [-0.2, 0) is 9.47 Å². The molecule has 0 atom stereocenters. The second-order valence-corrected chi connectivity index (χ2v) is 5.83. The fourth-order valence-corrected chi connectivity index (χ4v) is 2.35. The fraction of sp³-hybridized carbons (Fsp3) is 1.00. The molecule has 116 valence electrons. The zero-order chi connectivity index (χ0) is 15.2. The van der Waals surface area contributed by atoms with E-state index >= 15 is 0 Å². The summed E-state index contributed by atoms with van der Waals surface area (Å²) in [6.07, 6.45) is -12.2. The van der Waals surface area contributed by atoms with E-state index in [1.807, 2.05) is 6.55 Å². The summed E-state index contributed by atoms with van der Waals surface area (Å²) < 4.78 is 85.7. The Kier molecular flexibility index (Phi) is 7.37. The van der Waals surface area contributed by atoms with Gasteiger partial charge in [-0.05, 0) is 6.42 Å². The summed E-state index contributed by atoms with van der Waals surface area (Å²) in [6.45, 7) is 0.754. The normalized spacial score (nSPS) is 14.5. The summed E-state index contributed by atoms with van der Waals surface area (Å²) in [6, 6.07) is 0.418. The van der Waals surface area contributed by atoms with Crippen LogP contribution in [0.2, 0.25) is 12.6 Å². The Morgan fingerprint density at radius 1 is 0.947 bits per heavy atom. The van der Waals surface area contributed by atoms with Gasteiger partial charge >= 0.3 is 12.4 Å². The molecular formula is C10H18F6O2Si. The molecule has 0 saturated carbocycles. The summed E-state index contributed by atoms with van der Waals surface area (Å²) in [4.78, 5) is 0. The van der Waals surface area contributed by atoms with Crippen molar-refractivity contribution in [2.75, 3.05) is 20.3 Å². The van der Waals surface area contributed by atoms with Gasteiger partial charge in [0.2, 0.25) is 0 Å². The zero-order valence-electron chi connectivity index (χ0n) is 10.8. The van der Waals surface area contributed by atoms with E-state index in [0.29, 0.717) is 6.04 Å². The third-order valence-electron chi connectivity index (χ3n) is 2.68. The average Bonchev–Trinajstić information content (AvgIpc) is 2.24. The molecule has 0 aromatic heterocycles. The summed E-state index contributed by atoms with van der Waals surface area (Å²) in [5.74, 6) is 0. The number of hydrogen-bond acceptors (Lipinski definition) is 2. The highest BCUT2D eigenvalue weighted by Crippen LogP contribution is 2.48. The molecule has 0 N–H and O–H groups in total. The van der Waals surface area contributed by atoms with Gasteiger partial charge in [-0.15, -0.1) is 0 Å². The molecule has 0 aliphatic heterocycles. The molecule has 19 heavy (non-hydrogen) atoms. The third-order valence-corrected chi connectivity index (χ3v) is 3.89. The van der Waals surface area contributed by atoms with Gasteiger partial charge in [-0.25, -0.2) is 0 Å². The molecule has 2 nitrogen and oxygen atoms in total. The van der Waals surface area contributed by atoms with Crippen LogP contribution in [0.4, 0.5) is 26.3 Å². The van der Waals surface area contributed by atoms with E-state index in [2.05, 4.69) is 9.47 Å². The minimum absolute atomic E-state index is 0.144. The molecule has 0 aromatic carbocycles. The SMILES string of the molecule is COCCOC(CCC[SiH2]C)(C(F)(F)F)C(F)(F)F. The van der Waals surface area contributed by atoms with Crippen molar-refractivity contribution < 1.29 is 35.8 Å². The molecule has 0 rings (SSSR count). The van der Waals surface area contributed by atoms with Gasteiger partial charge in [-0.2, -0.15) is 26.3 Å². The second-order valence-electron chi connectivity index (χ2n) is 4.12. The van der Waals surface area contributed by atoms with Crippen molar-refractivity contribution in [3.05, 3.63) is 0 Å². The average molecular weight is 312 g/mol. The standard InChI is InChI=1S/C10H18F6O2Si/c1-17-5-6-18-8(9(11,12)13,10(14,15)16)4-3-7-19-2/h3-7,19H2,1-2H3. The van der Waals surface area contributed by atoms with Gasteiger partial charge in [0.15, 0.2) is 0 Å². The van der Waals surface area contributed by atoms with Crippen LogP contribution in [0.25, 0.3) is 0 Å². The van der Waals surface area contributed by atoms with Crippen molar-refractivity contribution in [1.82, 2.24) is 0 Å². The van der Waals surface area contributed by atoms with Crippen molar-refractivity contribution in [2.24, 2.45) is 0 Å². The van der Waals surface area contributed by atoms with Crippen LogP contribution < -0.4 is 0 Å². The lowest BCUT2D eigenvalue weighted by molar-refractivity contribution is -0.383. The van der Waals surface area contributed by atoms with Crippen molar-refractivity contribution in [2.45, 2.75) is 43.4 Å². The monoisotopic (exact) mass is 312 g/mol.